The van der Waals surface area contributed by atoms with Crippen LogP contribution in [-0.4, -0.2) is 151 Å². The zero-order valence-corrected chi connectivity index (χ0v) is 48.2. The molecule has 9 N–H and O–H groups in total. The van der Waals surface area contributed by atoms with Gasteiger partial charge in [0.25, 0.3) is 0 Å². The number of likely N-dealkylation sites (N-methyl/N-ethyl adjacent to an activating group) is 1. The number of carbonyl (C=O) groups is 11. The molecule has 2 aromatic carbocycles. The van der Waals surface area contributed by atoms with Crippen molar-refractivity contribution in [3.8, 4) is 0 Å². The van der Waals surface area contributed by atoms with Gasteiger partial charge in [-0.2, -0.15) is 0 Å². The molecule has 4 rings (SSSR count). The largest absolute Gasteiger partial charge is 0.445 e. The number of imide groups is 1. The van der Waals surface area contributed by atoms with Gasteiger partial charge in [-0.1, -0.05) is 85.1 Å². The number of Topliss-reactive ketones (excluding diaryl/α,β-unsaturated/α-hetero) is 1. The number of β-lactam (4-membered cyclic amide) rings is 1. The third-order valence-corrected chi connectivity index (χ3v) is 14.6. The number of urea groups is 1. The van der Waals surface area contributed by atoms with Gasteiger partial charge < -0.3 is 62.1 Å². The Bertz CT molecular complexity index is 2520. The molecule has 1 aliphatic heterocycles. The highest BCUT2D eigenvalue weighted by molar-refractivity contribution is 6.00. The number of hydrogen-bond acceptors (Lipinski definition) is 14. The summed E-state index contributed by atoms with van der Waals surface area (Å²) in [6.07, 6.45) is 2.66. The van der Waals surface area contributed by atoms with Gasteiger partial charge in [0.15, 0.2) is 0 Å². The van der Waals surface area contributed by atoms with Crippen LogP contribution in [0.2, 0.25) is 0 Å². The Kier molecular flexibility index (Phi) is 26.2. The smallest absolute Gasteiger partial charge is 0.408 e. The molecule has 1 aliphatic carbocycles. The highest BCUT2D eigenvalue weighted by atomic mass is 16.5. The number of rotatable bonds is 32. The molecule has 0 aromatic heterocycles. The Balaban J connectivity index is 1.30. The van der Waals surface area contributed by atoms with Gasteiger partial charge >= 0.3 is 12.1 Å². The number of nitrogens with zero attached hydrogens (tertiary/aromatic N) is 2. The van der Waals surface area contributed by atoms with Gasteiger partial charge in [-0.05, 0) is 92.2 Å². The molecule has 446 valence electrons. The lowest BCUT2D eigenvalue weighted by molar-refractivity contribution is -0.152. The number of carbonyl (C=O) groups excluding carboxylic acids is 11. The van der Waals surface area contributed by atoms with Gasteiger partial charge in [0.2, 0.25) is 47.3 Å². The average molecular weight is 1130 g/mol. The number of hydrogen-bond donors (Lipinski definition) is 8. The standard InChI is InChI=1S/C57H84N10O14/c1-10-36(6)50(43(79-9)30-37(7)68)66(8)53(75)49(35(4)5)64-54(76)57(26-11-12-27-57)65-56(78)81-31-39-17-22-41(23-18-39)61-51(73)42(14-13-28-59-55(58)77)62-52(74)48(34(2)3)63-45(70)33-80-32-44(69)60-40-20-15-38(16-21-40)19-24-46(71)67-29-25-47(67)72/h15-18,20-23,34-36,42-43,48-50H,10-14,19,24-33H2,1-9H3,(H,60,69)(H,61,73)(H,62,74)(H,63,70)(H,64,76)(H,65,78)(H3,58,59,77)/t36-,42-,43+,48-,49-,50-/m0/s1. The molecule has 0 bridgehead atoms. The molecule has 2 aromatic rings. The molecule has 0 spiro atoms. The van der Waals surface area contributed by atoms with Gasteiger partial charge in [0, 0.05) is 57.9 Å². The van der Waals surface area contributed by atoms with Gasteiger partial charge in [-0.15, -0.1) is 0 Å². The van der Waals surface area contributed by atoms with E-state index in [1.165, 1.54) is 18.9 Å². The fourth-order valence-electron chi connectivity index (χ4n) is 9.66. The fourth-order valence-corrected chi connectivity index (χ4v) is 9.66. The first-order valence-corrected chi connectivity index (χ1v) is 27.8. The number of methoxy groups -OCH3 is 1. The molecule has 1 saturated carbocycles. The first kappa shape index (κ1) is 66.0. The van der Waals surface area contributed by atoms with Crippen molar-refractivity contribution >= 4 is 76.5 Å². The maximum Gasteiger partial charge on any atom is 0.408 e. The molecular weight excluding hydrogens is 1050 g/mol. The highest BCUT2D eigenvalue weighted by Gasteiger charge is 2.46. The SMILES string of the molecule is CC[C@H](C)[C@@H]([C@@H](CC(C)=O)OC)N(C)C(=O)[C@@H](NC(=O)C1(NC(=O)OCc2ccc(NC(=O)[C@H](CCCNC(N)=O)NC(=O)[C@@H](NC(=O)COCC(=O)Nc3ccc(CCC(=O)N4CCC4=O)cc3)C(C)C)cc2)CCCC1)C(C)C. The minimum Gasteiger partial charge on any atom is -0.445 e. The van der Waals surface area contributed by atoms with Crippen molar-refractivity contribution in [2.24, 2.45) is 23.5 Å². The van der Waals surface area contributed by atoms with E-state index >= 15 is 0 Å². The monoisotopic (exact) mass is 1130 g/mol. The van der Waals surface area contributed by atoms with Crippen LogP contribution >= 0.6 is 0 Å². The first-order valence-electron chi connectivity index (χ1n) is 27.8. The molecule has 24 heteroatoms. The quantitative estimate of drug-likeness (QED) is 0.0384. The van der Waals surface area contributed by atoms with E-state index in [4.69, 9.17) is 19.9 Å². The van der Waals surface area contributed by atoms with E-state index in [-0.39, 0.29) is 74.2 Å². The number of amides is 11. The second-order valence-electron chi connectivity index (χ2n) is 21.6. The molecule has 0 radical (unpaired) electrons. The number of ketones is 1. The van der Waals surface area contributed by atoms with E-state index in [1.54, 1.807) is 74.3 Å². The maximum atomic E-state index is 14.2. The summed E-state index contributed by atoms with van der Waals surface area (Å²) in [5.41, 5.74) is 6.04. The van der Waals surface area contributed by atoms with Crippen LogP contribution in [0.3, 0.4) is 0 Å². The van der Waals surface area contributed by atoms with E-state index in [9.17, 15) is 52.7 Å². The predicted octanol–water partition coefficient (Wildman–Crippen LogP) is 3.59. The van der Waals surface area contributed by atoms with Crippen LogP contribution in [0.4, 0.5) is 21.0 Å². The Morgan fingerprint density at radius 2 is 1.38 bits per heavy atom. The topological polar surface area (TPSA) is 332 Å². The van der Waals surface area contributed by atoms with E-state index in [1.807, 2.05) is 27.7 Å². The highest BCUT2D eigenvalue weighted by Crippen LogP contribution is 2.31. The van der Waals surface area contributed by atoms with Gasteiger partial charge in [0.05, 0.1) is 12.1 Å². The molecule has 1 saturated heterocycles. The summed E-state index contributed by atoms with van der Waals surface area (Å²) in [6, 6.07) is 8.70. The van der Waals surface area contributed by atoms with Crippen molar-refractivity contribution in [1.29, 1.82) is 0 Å². The number of alkyl carbamates (subject to hydrolysis) is 1. The summed E-state index contributed by atoms with van der Waals surface area (Å²) in [6.45, 7) is 11.8. The Labute approximate surface area is 474 Å². The van der Waals surface area contributed by atoms with E-state index in [0.29, 0.717) is 68.4 Å². The van der Waals surface area contributed by atoms with Crippen LogP contribution < -0.4 is 43.0 Å². The van der Waals surface area contributed by atoms with Crippen LogP contribution in [0, 0.1) is 17.8 Å². The minimum atomic E-state index is -1.34. The van der Waals surface area contributed by atoms with Crippen LogP contribution in [0.1, 0.15) is 124 Å². The number of nitrogens with one attached hydrogen (secondary N) is 7. The van der Waals surface area contributed by atoms with E-state index in [2.05, 4.69) is 37.2 Å². The third kappa shape index (κ3) is 20.5. The van der Waals surface area contributed by atoms with Gasteiger partial charge in [-0.25, -0.2) is 9.59 Å². The average Bonchev–Trinajstić information content (AvgIpc) is 3.90. The van der Waals surface area contributed by atoms with Crippen molar-refractivity contribution in [2.75, 3.05) is 51.1 Å². The summed E-state index contributed by atoms with van der Waals surface area (Å²) in [7, 11) is 3.17. The summed E-state index contributed by atoms with van der Waals surface area (Å²) in [5, 5.41) is 18.9. The van der Waals surface area contributed by atoms with Crippen LogP contribution in [0.25, 0.3) is 0 Å². The fraction of sp³-hybridized carbons (Fsp3) is 0.596. The number of ether oxygens (including phenoxy) is 3. The molecule has 81 heavy (non-hydrogen) atoms. The number of nitrogens with two attached hydrogens (primary N) is 1. The van der Waals surface area contributed by atoms with Gasteiger partial charge in [-0.3, -0.25) is 48.1 Å². The predicted molar refractivity (Wildman–Crippen MR) is 300 cm³/mol. The molecule has 1 heterocycles. The second-order valence-corrected chi connectivity index (χ2v) is 21.6. The molecule has 0 unspecified atom stereocenters. The maximum absolute atomic E-state index is 14.2. The van der Waals surface area contributed by atoms with Crippen LogP contribution in [0.5, 0.6) is 0 Å². The Hall–Kier alpha value is -7.47. The molecule has 2 fully saturated rings. The minimum absolute atomic E-state index is 0.0273. The van der Waals surface area contributed by atoms with Crippen LogP contribution in [-0.2, 0) is 70.4 Å². The normalized spacial score (nSPS) is 15.8. The van der Waals surface area contributed by atoms with Crippen molar-refractivity contribution in [3.63, 3.8) is 0 Å². The first-order chi connectivity index (χ1) is 38.4. The van der Waals surface area contributed by atoms with Crippen molar-refractivity contribution in [3.05, 3.63) is 59.7 Å². The molecule has 6 atom stereocenters. The number of aryl methyl sites for hydroxylation is 1. The second kappa shape index (κ2) is 32.1. The zero-order valence-electron chi connectivity index (χ0n) is 48.2. The van der Waals surface area contributed by atoms with Gasteiger partial charge in [0.1, 0.15) is 49.3 Å². The number of likely N-dealkylation sites (tertiary alicyclic amines) is 1. The lowest BCUT2D eigenvalue weighted by Gasteiger charge is -2.40. The van der Waals surface area contributed by atoms with E-state index < -0.39 is 96.6 Å². The van der Waals surface area contributed by atoms with E-state index in [0.717, 1.165) is 5.56 Å². The lowest BCUT2D eigenvalue weighted by atomic mass is 9.89. The zero-order chi connectivity index (χ0) is 60.0. The number of anilines is 2. The summed E-state index contributed by atoms with van der Waals surface area (Å²) >= 11 is 0. The number of benzene rings is 2. The molecular formula is C57H84N10O14. The van der Waals surface area contributed by atoms with Crippen molar-refractivity contribution in [1.82, 2.24) is 36.4 Å². The van der Waals surface area contributed by atoms with Crippen molar-refractivity contribution < 1.29 is 67.0 Å². The Morgan fingerprint density at radius 1 is 0.778 bits per heavy atom. The third-order valence-electron chi connectivity index (χ3n) is 14.6. The molecule has 11 amide bonds. The van der Waals surface area contributed by atoms with Crippen molar-refractivity contribution in [2.45, 2.75) is 162 Å². The number of primary amides is 1. The summed E-state index contributed by atoms with van der Waals surface area (Å²) in [5.74, 6) is -4.69. The lowest BCUT2D eigenvalue weighted by Crippen LogP contribution is -2.63. The summed E-state index contributed by atoms with van der Waals surface area (Å²) < 4.78 is 16.6. The Morgan fingerprint density at radius 3 is 1.93 bits per heavy atom. The molecule has 24 nitrogen and oxygen atoms in total. The van der Waals surface area contributed by atoms with Crippen LogP contribution in [0.15, 0.2) is 48.5 Å². The molecule has 2 aliphatic rings. The summed E-state index contributed by atoms with van der Waals surface area (Å²) in [4.78, 5) is 145.